The minimum atomic E-state index is -0.195. The molecule has 0 aliphatic carbocycles. The maximum absolute atomic E-state index is 12.8. The van der Waals surface area contributed by atoms with Crippen molar-refractivity contribution < 1.29 is 19.1 Å². The summed E-state index contributed by atoms with van der Waals surface area (Å²) in [5, 5.41) is 3.00. The molecule has 3 atom stereocenters. The standard InChI is InChI=1S/C20H27N3O4/c24-19(22-8-10-26-11-9-22)17-12-16-13-23(14-18(17)27-16)20(25)21-7-6-15-4-2-1-3-5-15/h1-5,16-18H,6-14H2,(H,21,25)/t16-,17+,18-/m0/s1. The van der Waals surface area contributed by atoms with E-state index in [0.717, 1.165) is 6.42 Å². The SMILES string of the molecule is O=C(NCCc1ccccc1)N1C[C@@H]2C[C@@H](C(=O)N3CCOCC3)[C@H](C1)O2. The van der Waals surface area contributed by atoms with Crippen LogP contribution < -0.4 is 5.32 Å². The molecule has 1 aromatic rings. The van der Waals surface area contributed by atoms with Crippen LogP contribution in [-0.2, 0) is 20.7 Å². The van der Waals surface area contributed by atoms with Crippen LogP contribution >= 0.6 is 0 Å². The molecule has 3 saturated heterocycles. The molecule has 3 amide bonds. The van der Waals surface area contributed by atoms with E-state index in [1.54, 1.807) is 4.90 Å². The summed E-state index contributed by atoms with van der Waals surface area (Å²) in [5.74, 6) is 0.00681. The number of fused-ring (bicyclic) bond motifs is 2. The zero-order valence-electron chi connectivity index (χ0n) is 15.5. The van der Waals surface area contributed by atoms with Crippen LogP contribution in [0.4, 0.5) is 4.79 Å². The minimum absolute atomic E-state index is 0.0430. The van der Waals surface area contributed by atoms with Crippen molar-refractivity contribution in [2.45, 2.75) is 25.0 Å². The van der Waals surface area contributed by atoms with Crippen molar-refractivity contribution in [1.29, 1.82) is 0 Å². The molecule has 4 rings (SSSR count). The van der Waals surface area contributed by atoms with Crippen molar-refractivity contribution in [2.75, 3.05) is 45.9 Å². The van der Waals surface area contributed by atoms with Crippen LogP contribution in [0.5, 0.6) is 0 Å². The number of hydrogen-bond acceptors (Lipinski definition) is 4. The molecule has 2 bridgehead atoms. The lowest BCUT2D eigenvalue weighted by atomic mass is 9.98. The molecule has 7 heteroatoms. The number of morpholine rings is 2. The number of amides is 3. The number of nitrogens with zero attached hydrogens (tertiary/aromatic N) is 2. The highest BCUT2D eigenvalue weighted by Gasteiger charge is 2.46. The van der Waals surface area contributed by atoms with Crippen LogP contribution in [0.25, 0.3) is 0 Å². The summed E-state index contributed by atoms with van der Waals surface area (Å²) in [6.07, 6.45) is 1.27. The molecule has 0 radical (unpaired) electrons. The molecule has 27 heavy (non-hydrogen) atoms. The fourth-order valence-corrected chi connectivity index (χ4v) is 4.17. The fourth-order valence-electron chi connectivity index (χ4n) is 4.17. The van der Waals surface area contributed by atoms with Gasteiger partial charge in [-0.2, -0.15) is 0 Å². The lowest BCUT2D eigenvalue weighted by Crippen LogP contribution is -2.52. The first-order valence-corrected chi connectivity index (χ1v) is 9.79. The highest BCUT2D eigenvalue weighted by atomic mass is 16.5. The molecule has 0 spiro atoms. The molecule has 0 unspecified atom stereocenters. The van der Waals surface area contributed by atoms with Gasteiger partial charge in [0.15, 0.2) is 0 Å². The first-order chi connectivity index (χ1) is 13.2. The van der Waals surface area contributed by atoms with Gasteiger partial charge in [-0.25, -0.2) is 4.79 Å². The van der Waals surface area contributed by atoms with Gasteiger partial charge in [-0.3, -0.25) is 4.79 Å². The van der Waals surface area contributed by atoms with Crippen molar-refractivity contribution in [3.63, 3.8) is 0 Å². The smallest absolute Gasteiger partial charge is 0.317 e. The van der Waals surface area contributed by atoms with Gasteiger partial charge in [0, 0.05) is 32.7 Å². The third-order valence-electron chi connectivity index (χ3n) is 5.62. The third kappa shape index (κ3) is 4.25. The summed E-state index contributed by atoms with van der Waals surface area (Å²) in [7, 11) is 0. The van der Waals surface area contributed by atoms with Gasteiger partial charge in [-0.05, 0) is 18.4 Å². The van der Waals surface area contributed by atoms with Crippen molar-refractivity contribution in [2.24, 2.45) is 5.92 Å². The Labute approximate surface area is 159 Å². The first-order valence-electron chi connectivity index (χ1n) is 9.79. The average Bonchev–Trinajstić information content (AvgIpc) is 3.02. The Kier molecular flexibility index (Phi) is 5.59. The maximum Gasteiger partial charge on any atom is 0.317 e. The molecule has 0 aromatic heterocycles. The normalized spacial score (nSPS) is 27.5. The van der Waals surface area contributed by atoms with E-state index in [1.165, 1.54) is 5.56 Å². The van der Waals surface area contributed by atoms with Crippen LogP contribution in [0, 0.1) is 5.92 Å². The van der Waals surface area contributed by atoms with E-state index in [4.69, 9.17) is 9.47 Å². The maximum atomic E-state index is 12.8. The van der Waals surface area contributed by atoms with Crippen molar-refractivity contribution in [3.05, 3.63) is 35.9 Å². The minimum Gasteiger partial charge on any atom is -0.378 e. The van der Waals surface area contributed by atoms with Crippen LogP contribution in [0.2, 0.25) is 0 Å². The van der Waals surface area contributed by atoms with E-state index in [-0.39, 0.29) is 30.1 Å². The Morgan fingerprint density at radius 2 is 1.85 bits per heavy atom. The lowest BCUT2D eigenvalue weighted by Gasteiger charge is -2.34. The number of likely N-dealkylation sites (tertiary alicyclic amines) is 1. The van der Waals surface area contributed by atoms with Gasteiger partial charge in [-0.15, -0.1) is 0 Å². The zero-order valence-corrected chi connectivity index (χ0v) is 15.5. The lowest BCUT2D eigenvalue weighted by molar-refractivity contribution is -0.142. The summed E-state index contributed by atoms with van der Waals surface area (Å²) < 4.78 is 11.3. The first kappa shape index (κ1) is 18.3. The quantitative estimate of drug-likeness (QED) is 0.851. The van der Waals surface area contributed by atoms with Crippen LogP contribution in [0.1, 0.15) is 12.0 Å². The monoisotopic (exact) mass is 373 g/mol. The molecular formula is C20H27N3O4. The highest BCUT2D eigenvalue weighted by molar-refractivity contribution is 5.80. The third-order valence-corrected chi connectivity index (χ3v) is 5.62. The highest BCUT2D eigenvalue weighted by Crippen LogP contribution is 2.33. The molecule has 146 valence electrons. The second kappa shape index (κ2) is 8.27. The van der Waals surface area contributed by atoms with Gasteiger partial charge < -0.3 is 24.6 Å². The van der Waals surface area contributed by atoms with Gasteiger partial charge in [0.25, 0.3) is 0 Å². The largest absolute Gasteiger partial charge is 0.378 e. The molecule has 1 N–H and O–H groups in total. The summed E-state index contributed by atoms with van der Waals surface area (Å²) >= 11 is 0. The second-order valence-electron chi connectivity index (χ2n) is 7.45. The summed E-state index contributed by atoms with van der Waals surface area (Å²) in [6.45, 7) is 4.14. The molecular weight excluding hydrogens is 346 g/mol. The van der Waals surface area contributed by atoms with Crippen LogP contribution in [0.15, 0.2) is 30.3 Å². The van der Waals surface area contributed by atoms with E-state index in [2.05, 4.69) is 17.4 Å². The zero-order chi connectivity index (χ0) is 18.6. The molecule has 3 heterocycles. The van der Waals surface area contributed by atoms with E-state index >= 15 is 0 Å². The molecule has 3 fully saturated rings. The van der Waals surface area contributed by atoms with Crippen molar-refractivity contribution in [3.8, 4) is 0 Å². The number of nitrogens with one attached hydrogen (secondary N) is 1. The van der Waals surface area contributed by atoms with Crippen LogP contribution in [-0.4, -0.2) is 79.9 Å². The van der Waals surface area contributed by atoms with Crippen molar-refractivity contribution in [1.82, 2.24) is 15.1 Å². The van der Waals surface area contributed by atoms with Gasteiger partial charge in [0.1, 0.15) is 0 Å². The van der Waals surface area contributed by atoms with E-state index in [1.807, 2.05) is 23.1 Å². The molecule has 0 saturated carbocycles. The summed E-state index contributed by atoms with van der Waals surface area (Å²) in [5.41, 5.74) is 1.20. The molecule has 3 aliphatic heterocycles. The molecule has 7 nitrogen and oxygen atoms in total. The van der Waals surface area contributed by atoms with E-state index in [0.29, 0.717) is 52.4 Å². The molecule has 3 aliphatic rings. The fraction of sp³-hybridized carbons (Fsp3) is 0.600. The van der Waals surface area contributed by atoms with Gasteiger partial charge in [0.05, 0.1) is 31.3 Å². The topological polar surface area (TPSA) is 71.1 Å². The Balaban J connectivity index is 1.28. The van der Waals surface area contributed by atoms with E-state index < -0.39 is 0 Å². The number of benzene rings is 1. The number of hydrogen-bond donors (Lipinski definition) is 1. The van der Waals surface area contributed by atoms with Gasteiger partial charge >= 0.3 is 6.03 Å². The van der Waals surface area contributed by atoms with E-state index in [9.17, 15) is 9.59 Å². The number of urea groups is 1. The predicted octanol–water partition coefficient (Wildman–Crippen LogP) is 0.887. The number of carbonyl (C=O) groups excluding carboxylic acids is 2. The van der Waals surface area contributed by atoms with Crippen LogP contribution in [0.3, 0.4) is 0 Å². The average molecular weight is 373 g/mol. The second-order valence-corrected chi connectivity index (χ2v) is 7.45. The van der Waals surface area contributed by atoms with Crippen molar-refractivity contribution >= 4 is 11.9 Å². The van der Waals surface area contributed by atoms with Gasteiger partial charge in [0.2, 0.25) is 5.91 Å². The predicted molar refractivity (Wildman–Crippen MR) is 99.3 cm³/mol. The number of rotatable bonds is 4. The number of carbonyl (C=O) groups is 2. The number of ether oxygens (including phenoxy) is 2. The van der Waals surface area contributed by atoms with Gasteiger partial charge in [-0.1, -0.05) is 30.3 Å². The Bertz CT molecular complexity index is 662. The summed E-state index contributed by atoms with van der Waals surface area (Å²) in [6, 6.07) is 10.0. The molecule has 1 aromatic carbocycles. The Morgan fingerprint density at radius 3 is 2.63 bits per heavy atom. The Hall–Kier alpha value is -2.12. The Morgan fingerprint density at radius 1 is 1.07 bits per heavy atom. The summed E-state index contributed by atoms with van der Waals surface area (Å²) in [4.78, 5) is 29.0.